The molecule has 18 heavy (non-hydrogen) atoms. The van der Waals surface area contributed by atoms with Crippen molar-refractivity contribution in [1.82, 2.24) is 9.55 Å². The van der Waals surface area contributed by atoms with Gasteiger partial charge < -0.3 is 19.7 Å². The van der Waals surface area contributed by atoms with Crippen LogP contribution in [0.15, 0.2) is 17.2 Å². The molecule has 2 heterocycles. The molecule has 6 heteroatoms. The molecule has 0 radical (unpaired) electrons. The van der Waals surface area contributed by atoms with Crippen LogP contribution >= 0.6 is 0 Å². The largest absolute Gasteiger partial charge is 0.386 e. The molecule has 1 saturated heterocycles. The van der Waals surface area contributed by atoms with Gasteiger partial charge in [0.15, 0.2) is 5.82 Å². The molecule has 98 valence electrons. The van der Waals surface area contributed by atoms with Gasteiger partial charge in [0, 0.05) is 38.0 Å². The second kappa shape index (κ2) is 4.37. The van der Waals surface area contributed by atoms with Gasteiger partial charge in [0.25, 0.3) is 5.56 Å². The van der Waals surface area contributed by atoms with Crippen molar-refractivity contribution in [2.45, 2.75) is 30.9 Å². The Labute approximate surface area is 105 Å². The highest BCUT2D eigenvalue weighted by Gasteiger charge is 2.32. The van der Waals surface area contributed by atoms with Crippen LogP contribution in [-0.4, -0.2) is 40.0 Å². The number of nitrogens with zero attached hydrogens (tertiary/aromatic N) is 2. The van der Waals surface area contributed by atoms with E-state index in [1.165, 1.54) is 0 Å². The number of rotatable bonds is 4. The highest BCUT2D eigenvalue weighted by Crippen LogP contribution is 2.33. The van der Waals surface area contributed by atoms with Gasteiger partial charge in [-0.25, -0.2) is 4.98 Å². The SMILES string of the molecule is O=c1c(NCC2(O)CCOC2)nccn1C1CC1. The molecule has 1 saturated carbocycles. The van der Waals surface area contributed by atoms with E-state index in [9.17, 15) is 9.90 Å². The van der Waals surface area contributed by atoms with Crippen molar-refractivity contribution >= 4 is 5.82 Å². The second-order valence-corrected chi connectivity index (χ2v) is 5.10. The Balaban J connectivity index is 1.72. The zero-order chi connectivity index (χ0) is 12.6. The molecule has 1 aromatic rings. The number of aliphatic hydroxyl groups is 1. The molecule has 2 fully saturated rings. The van der Waals surface area contributed by atoms with E-state index in [1.54, 1.807) is 17.0 Å². The van der Waals surface area contributed by atoms with Crippen molar-refractivity contribution < 1.29 is 9.84 Å². The number of hydrogen-bond donors (Lipinski definition) is 2. The lowest BCUT2D eigenvalue weighted by atomic mass is 10.0. The van der Waals surface area contributed by atoms with E-state index < -0.39 is 5.60 Å². The standard InChI is InChI=1S/C12H17N3O3/c16-11-10(13-4-5-15(11)9-1-2-9)14-7-12(17)3-6-18-8-12/h4-5,9,17H,1-3,6-8H2,(H,13,14). The van der Waals surface area contributed by atoms with Crippen molar-refractivity contribution in [1.29, 1.82) is 0 Å². The zero-order valence-electron chi connectivity index (χ0n) is 10.1. The van der Waals surface area contributed by atoms with Crippen molar-refractivity contribution in [2.75, 3.05) is 25.1 Å². The highest BCUT2D eigenvalue weighted by molar-refractivity contribution is 5.32. The fraction of sp³-hybridized carbons (Fsp3) is 0.667. The molecule has 1 atom stereocenters. The Morgan fingerprint density at radius 2 is 2.44 bits per heavy atom. The molecule has 1 aliphatic heterocycles. The lowest BCUT2D eigenvalue weighted by molar-refractivity contribution is 0.0381. The van der Waals surface area contributed by atoms with Gasteiger partial charge in [-0.1, -0.05) is 0 Å². The minimum absolute atomic E-state index is 0.109. The summed E-state index contributed by atoms with van der Waals surface area (Å²) < 4.78 is 6.87. The lowest BCUT2D eigenvalue weighted by Crippen LogP contribution is -2.39. The van der Waals surface area contributed by atoms with Crippen LogP contribution in [-0.2, 0) is 4.74 Å². The lowest BCUT2D eigenvalue weighted by Gasteiger charge is -2.20. The summed E-state index contributed by atoms with van der Waals surface area (Å²) in [5.41, 5.74) is -0.989. The van der Waals surface area contributed by atoms with Gasteiger partial charge in [0.2, 0.25) is 0 Å². The third-order valence-corrected chi connectivity index (χ3v) is 3.48. The summed E-state index contributed by atoms with van der Waals surface area (Å²) >= 11 is 0. The van der Waals surface area contributed by atoms with Crippen LogP contribution in [0.2, 0.25) is 0 Å². The maximum absolute atomic E-state index is 12.1. The molecular formula is C12H17N3O3. The zero-order valence-corrected chi connectivity index (χ0v) is 10.1. The van der Waals surface area contributed by atoms with Gasteiger partial charge in [-0.3, -0.25) is 4.79 Å². The van der Waals surface area contributed by atoms with E-state index in [0.29, 0.717) is 38.0 Å². The maximum atomic E-state index is 12.1. The summed E-state index contributed by atoms with van der Waals surface area (Å²) in [5, 5.41) is 13.1. The summed E-state index contributed by atoms with van der Waals surface area (Å²) in [7, 11) is 0. The molecule has 0 aromatic carbocycles. The fourth-order valence-corrected chi connectivity index (χ4v) is 2.17. The maximum Gasteiger partial charge on any atom is 0.293 e. The molecule has 1 aromatic heterocycles. The van der Waals surface area contributed by atoms with Gasteiger partial charge in [0.1, 0.15) is 5.60 Å². The summed E-state index contributed by atoms with van der Waals surface area (Å²) in [4.78, 5) is 16.1. The van der Waals surface area contributed by atoms with Crippen molar-refractivity contribution in [2.24, 2.45) is 0 Å². The van der Waals surface area contributed by atoms with Crippen molar-refractivity contribution in [3.63, 3.8) is 0 Å². The minimum Gasteiger partial charge on any atom is -0.386 e. The van der Waals surface area contributed by atoms with Crippen molar-refractivity contribution in [3.8, 4) is 0 Å². The van der Waals surface area contributed by atoms with Crippen LogP contribution in [0.3, 0.4) is 0 Å². The predicted octanol–water partition coefficient (Wildman–Crippen LogP) is 0.141. The summed E-state index contributed by atoms with van der Waals surface area (Å²) in [6.45, 7) is 1.17. The van der Waals surface area contributed by atoms with Gasteiger partial charge in [-0.2, -0.15) is 0 Å². The van der Waals surface area contributed by atoms with E-state index in [0.717, 1.165) is 12.8 Å². The normalized spacial score (nSPS) is 27.4. The average Bonchev–Trinajstić information content (AvgIpc) is 3.11. The Morgan fingerprint density at radius 3 is 3.11 bits per heavy atom. The number of ether oxygens (including phenoxy) is 1. The number of aromatic nitrogens is 2. The van der Waals surface area contributed by atoms with Gasteiger partial charge >= 0.3 is 0 Å². The number of anilines is 1. The Morgan fingerprint density at radius 1 is 1.61 bits per heavy atom. The summed E-state index contributed by atoms with van der Waals surface area (Å²) in [6.07, 6.45) is 6.04. The van der Waals surface area contributed by atoms with E-state index in [-0.39, 0.29) is 5.56 Å². The second-order valence-electron chi connectivity index (χ2n) is 5.10. The molecule has 1 aliphatic carbocycles. The Kier molecular flexibility index (Phi) is 2.83. The van der Waals surface area contributed by atoms with Crippen LogP contribution in [0, 0.1) is 0 Å². The third kappa shape index (κ3) is 2.26. The molecule has 0 amide bonds. The molecule has 6 nitrogen and oxygen atoms in total. The van der Waals surface area contributed by atoms with Crippen LogP contribution in [0.4, 0.5) is 5.82 Å². The first-order valence-electron chi connectivity index (χ1n) is 6.29. The van der Waals surface area contributed by atoms with Gasteiger partial charge in [-0.15, -0.1) is 0 Å². The van der Waals surface area contributed by atoms with Crippen LogP contribution in [0.25, 0.3) is 0 Å². The average molecular weight is 251 g/mol. The molecule has 3 rings (SSSR count). The summed E-state index contributed by atoms with van der Waals surface area (Å²) in [6, 6.07) is 0.332. The Hall–Kier alpha value is -1.40. The van der Waals surface area contributed by atoms with E-state index >= 15 is 0 Å². The van der Waals surface area contributed by atoms with Gasteiger partial charge in [0.05, 0.1) is 6.61 Å². The summed E-state index contributed by atoms with van der Waals surface area (Å²) in [5.74, 6) is 0.310. The topological polar surface area (TPSA) is 76.4 Å². The molecule has 1 unspecified atom stereocenters. The molecule has 0 bridgehead atoms. The number of nitrogens with one attached hydrogen (secondary N) is 1. The highest BCUT2D eigenvalue weighted by atomic mass is 16.5. The molecule has 2 aliphatic rings. The quantitative estimate of drug-likeness (QED) is 0.796. The van der Waals surface area contributed by atoms with Crippen LogP contribution in [0.1, 0.15) is 25.3 Å². The number of hydrogen-bond acceptors (Lipinski definition) is 5. The minimum atomic E-state index is -0.881. The fourth-order valence-electron chi connectivity index (χ4n) is 2.17. The predicted molar refractivity (Wildman–Crippen MR) is 65.6 cm³/mol. The van der Waals surface area contributed by atoms with Gasteiger partial charge in [-0.05, 0) is 12.8 Å². The Bertz CT molecular complexity index is 490. The molecule has 0 spiro atoms. The molecule has 2 N–H and O–H groups in total. The van der Waals surface area contributed by atoms with Crippen molar-refractivity contribution in [3.05, 3.63) is 22.7 Å². The van der Waals surface area contributed by atoms with E-state index in [1.807, 2.05) is 0 Å². The smallest absolute Gasteiger partial charge is 0.293 e. The van der Waals surface area contributed by atoms with Crippen LogP contribution in [0.5, 0.6) is 0 Å². The first kappa shape index (κ1) is 11.7. The third-order valence-electron chi connectivity index (χ3n) is 3.48. The van der Waals surface area contributed by atoms with Crippen LogP contribution < -0.4 is 10.9 Å². The first-order chi connectivity index (χ1) is 8.68. The van der Waals surface area contributed by atoms with E-state index in [2.05, 4.69) is 10.3 Å². The van der Waals surface area contributed by atoms with E-state index in [4.69, 9.17) is 4.74 Å². The molecular weight excluding hydrogens is 234 g/mol. The monoisotopic (exact) mass is 251 g/mol. The first-order valence-corrected chi connectivity index (χ1v) is 6.29.